The monoisotopic (exact) mass is 556 g/mol. The first kappa shape index (κ1) is 28.9. The van der Waals surface area contributed by atoms with E-state index in [0.29, 0.717) is 36.7 Å². The van der Waals surface area contributed by atoms with Crippen LogP contribution in [-0.2, 0) is 49.3 Å². The molecule has 1 saturated heterocycles. The lowest BCUT2D eigenvalue weighted by molar-refractivity contribution is -0.298. The minimum absolute atomic E-state index is 0.475. The van der Waals surface area contributed by atoms with Crippen molar-refractivity contribution in [2.75, 3.05) is 13.2 Å². The van der Waals surface area contributed by atoms with Crippen molar-refractivity contribution in [3.05, 3.63) is 58.7 Å². The summed E-state index contributed by atoms with van der Waals surface area (Å²) >= 11 is 0. The molecule has 11 nitrogen and oxygen atoms in total. The molecule has 0 N–H and O–H groups in total. The van der Waals surface area contributed by atoms with Crippen LogP contribution in [0.4, 0.5) is 0 Å². The Kier molecular flexibility index (Phi) is 8.93. The summed E-state index contributed by atoms with van der Waals surface area (Å²) in [6.45, 7) is 7.61. The average molecular weight is 557 g/mol. The van der Waals surface area contributed by atoms with E-state index in [1.165, 1.54) is 13.8 Å². The van der Waals surface area contributed by atoms with Crippen molar-refractivity contribution < 1.29 is 52.3 Å². The second-order valence-electron chi connectivity index (χ2n) is 9.60. The predicted octanol–water partition coefficient (Wildman–Crippen LogP) is 3.11. The quantitative estimate of drug-likeness (QED) is 0.368. The van der Waals surface area contributed by atoms with Crippen LogP contribution in [0.2, 0.25) is 0 Å². The van der Waals surface area contributed by atoms with E-state index in [1.54, 1.807) is 6.07 Å². The lowest BCUT2D eigenvalue weighted by atomic mass is 9.90. The molecule has 214 valence electrons. The van der Waals surface area contributed by atoms with Gasteiger partial charge in [-0.1, -0.05) is 24.3 Å². The summed E-state index contributed by atoms with van der Waals surface area (Å²) in [5.41, 5.74) is 3.48. The van der Waals surface area contributed by atoms with Crippen LogP contribution in [0.3, 0.4) is 0 Å². The van der Waals surface area contributed by atoms with Gasteiger partial charge < -0.3 is 33.2 Å². The Morgan fingerprint density at radius 2 is 1.32 bits per heavy atom. The third-order valence-electron chi connectivity index (χ3n) is 6.39. The molecule has 4 rings (SSSR count). The molecule has 0 saturated carbocycles. The molecule has 2 heterocycles. The van der Waals surface area contributed by atoms with Crippen LogP contribution >= 0.6 is 0 Å². The van der Waals surface area contributed by atoms with Gasteiger partial charge in [-0.25, -0.2) is 0 Å². The molecule has 5 atom stereocenters. The highest BCUT2D eigenvalue weighted by Crippen LogP contribution is 2.39. The van der Waals surface area contributed by atoms with Crippen LogP contribution < -0.4 is 9.47 Å². The number of hydrogen-bond donors (Lipinski definition) is 0. The molecule has 0 amide bonds. The minimum atomic E-state index is -1.44. The Hall–Kier alpha value is -4.12. The second-order valence-corrected chi connectivity index (χ2v) is 9.60. The van der Waals surface area contributed by atoms with Gasteiger partial charge in [0.25, 0.3) is 0 Å². The van der Waals surface area contributed by atoms with Crippen molar-refractivity contribution in [2.24, 2.45) is 0 Å². The van der Waals surface area contributed by atoms with Crippen LogP contribution in [0.15, 0.2) is 36.4 Å². The van der Waals surface area contributed by atoms with Crippen molar-refractivity contribution in [1.29, 1.82) is 0 Å². The normalized spacial score (nSPS) is 23.5. The summed E-state index contributed by atoms with van der Waals surface area (Å²) in [7, 11) is 0. The Labute approximate surface area is 231 Å². The molecule has 2 aromatic carbocycles. The lowest BCUT2D eigenvalue weighted by Gasteiger charge is -2.44. The van der Waals surface area contributed by atoms with Crippen LogP contribution in [0.5, 0.6) is 11.5 Å². The van der Waals surface area contributed by atoms with Gasteiger partial charge in [0.1, 0.15) is 19.3 Å². The van der Waals surface area contributed by atoms with Crippen molar-refractivity contribution in [3.8, 4) is 11.5 Å². The van der Waals surface area contributed by atoms with Crippen LogP contribution in [0.25, 0.3) is 0 Å². The number of esters is 4. The Morgan fingerprint density at radius 1 is 0.725 bits per heavy atom. The molecular weight excluding hydrogens is 524 g/mol. The first-order valence-electron chi connectivity index (χ1n) is 12.8. The van der Waals surface area contributed by atoms with Crippen molar-refractivity contribution in [1.82, 2.24) is 0 Å². The Morgan fingerprint density at radius 3 is 1.98 bits per heavy atom. The zero-order chi connectivity index (χ0) is 29.0. The largest absolute Gasteiger partial charge is 0.486 e. The zero-order valence-corrected chi connectivity index (χ0v) is 23.0. The Balaban J connectivity index is 1.73. The molecule has 0 aromatic heterocycles. The van der Waals surface area contributed by atoms with E-state index in [9.17, 15) is 19.2 Å². The number of carbonyl (C=O) groups is 4. The summed E-state index contributed by atoms with van der Waals surface area (Å²) in [6.07, 6.45) is -5.86. The number of carbonyl (C=O) groups excluding carboxylic acids is 4. The van der Waals surface area contributed by atoms with Gasteiger partial charge in [0.2, 0.25) is 12.4 Å². The van der Waals surface area contributed by atoms with Gasteiger partial charge in [0.05, 0.1) is 0 Å². The maximum absolute atomic E-state index is 12.2. The number of ether oxygens (including phenoxy) is 7. The predicted molar refractivity (Wildman–Crippen MR) is 137 cm³/mol. The van der Waals surface area contributed by atoms with Gasteiger partial charge in [-0.05, 0) is 47.7 Å². The van der Waals surface area contributed by atoms with E-state index in [4.69, 9.17) is 33.2 Å². The third-order valence-corrected chi connectivity index (χ3v) is 6.39. The fourth-order valence-corrected chi connectivity index (χ4v) is 4.78. The average Bonchev–Trinajstić information content (AvgIpc) is 2.87. The second kappa shape index (κ2) is 12.4. The Bertz CT molecular complexity index is 1290. The number of rotatable bonds is 7. The number of benzene rings is 2. The summed E-state index contributed by atoms with van der Waals surface area (Å²) in [6, 6.07) is 11.3. The van der Waals surface area contributed by atoms with Crippen molar-refractivity contribution >= 4 is 23.9 Å². The molecule has 0 radical (unpaired) electrons. The molecule has 2 aliphatic rings. The van der Waals surface area contributed by atoms with E-state index in [2.05, 4.69) is 0 Å². The zero-order valence-electron chi connectivity index (χ0n) is 23.0. The summed E-state index contributed by atoms with van der Waals surface area (Å²) in [4.78, 5) is 48.1. The first-order chi connectivity index (χ1) is 19.0. The fraction of sp³-hybridized carbons (Fsp3) is 0.448. The fourth-order valence-electron chi connectivity index (χ4n) is 4.78. The number of fused-ring (bicyclic) bond motifs is 1. The van der Waals surface area contributed by atoms with E-state index in [-0.39, 0.29) is 0 Å². The van der Waals surface area contributed by atoms with Gasteiger partial charge >= 0.3 is 23.9 Å². The molecule has 0 spiro atoms. The van der Waals surface area contributed by atoms with Gasteiger partial charge in [0.15, 0.2) is 23.7 Å². The molecule has 40 heavy (non-hydrogen) atoms. The van der Waals surface area contributed by atoms with Gasteiger partial charge in [-0.3, -0.25) is 19.2 Å². The first-order valence-corrected chi connectivity index (χ1v) is 12.8. The molecular formula is C29H32O11. The molecule has 5 unspecified atom stereocenters. The standard InChI is InChI=1S/C29H32O11/c1-15-6-8-21(14-22(15)12-20-7-9-23-24(13-20)35-11-10-34-23)25-26(36-16(2)30)27(37-17(3)31)28(38-18(4)32)29(40-25)39-19(5)33/h6-9,13-14,25-29H,10-12H2,1-5H3. The van der Waals surface area contributed by atoms with Crippen LogP contribution in [-0.4, -0.2) is 61.7 Å². The molecule has 0 bridgehead atoms. The highest BCUT2D eigenvalue weighted by Gasteiger charge is 2.53. The van der Waals surface area contributed by atoms with Crippen LogP contribution in [0, 0.1) is 6.92 Å². The van der Waals surface area contributed by atoms with E-state index in [1.807, 2.05) is 37.3 Å². The smallest absolute Gasteiger partial charge is 0.305 e. The van der Waals surface area contributed by atoms with E-state index in [0.717, 1.165) is 30.5 Å². The number of aryl methyl sites for hydroxylation is 1. The minimum Gasteiger partial charge on any atom is -0.486 e. The summed E-state index contributed by atoms with van der Waals surface area (Å²) in [5.74, 6) is -1.48. The third kappa shape index (κ3) is 6.90. The SMILES string of the molecule is CC(=O)OC1OC(c2ccc(C)c(Cc3ccc4c(c3)OCCO4)c2)C(OC(C)=O)C(OC(C)=O)C1OC(C)=O. The van der Waals surface area contributed by atoms with Gasteiger partial charge in [-0.15, -0.1) is 0 Å². The molecule has 2 aliphatic heterocycles. The summed E-state index contributed by atoms with van der Waals surface area (Å²) < 4.78 is 39.2. The van der Waals surface area contributed by atoms with Gasteiger partial charge in [-0.2, -0.15) is 0 Å². The van der Waals surface area contributed by atoms with Gasteiger partial charge in [0, 0.05) is 27.7 Å². The van der Waals surface area contributed by atoms with E-state index < -0.39 is 54.6 Å². The van der Waals surface area contributed by atoms with E-state index >= 15 is 0 Å². The van der Waals surface area contributed by atoms with Crippen molar-refractivity contribution in [2.45, 2.75) is 71.7 Å². The molecule has 1 fully saturated rings. The lowest BCUT2D eigenvalue weighted by Crippen LogP contribution is -2.59. The maximum atomic E-state index is 12.2. The topological polar surface area (TPSA) is 133 Å². The number of hydrogen-bond acceptors (Lipinski definition) is 11. The highest BCUT2D eigenvalue weighted by atomic mass is 16.7. The molecule has 11 heteroatoms. The van der Waals surface area contributed by atoms with Crippen molar-refractivity contribution in [3.63, 3.8) is 0 Å². The van der Waals surface area contributed by atoms with Crippen LogP contribution in [0.1, 0.15) is 56.1 Å². The summed E-state index contributed by atoms with van der Waals surface area (Å²) in [5, 5.41) is 0. The molecule has 2 aromatic rings. The molecule has 0 aliphatic carbocycles. The highest BCUT2D eigenvalue weighted by molar-refractivity contribution is 5.69. The maximum Gasteiger partial charge on any atom is 0.305 e.